The number of sulfonamides is 1. The molecule has 1 N–H and O–H groups in total. The summed E-state index contributed by atoms with van der Waals surface area (Å²) < 4.78 is 45.0. The summed E-state index contributed by atoms with van der Waals surface area (Å²) in [7, 11) is -3.78. The van der Waals surface area contributed by atoms with Gasteiger partial charge in [-0.3, -0.25) is 0 Å². The van der Waals surface area contributed by atoms with Crippen LogP contribution in [0.3, 0.4) is 0 Å². The van der Waals surface area contributed by atoms with Crippen molar-refractivity contribution in [2.24, 2.45) is 0 Å². The van der Waals surface area contributed by atoms with Crippen LogP contribution in [-0.4, -0.2) is 40.1 Å². The van der Waals surface area contributed by atoms with E-state index in [1.165, 1.54) is 0 Å². The summed E-state index contributed by atoms with van der Waals surface area (Å²) in [5.74, 6) is 0. The predicted octanol–water partition coefficient (Wildman–Crippen LogP) is 1.80. The summed E-state index contributed by atoms with van der Waals surface area (Å²) in [5, 5.41) is 0. The zero-order valence-electron chi connectivity index (χ0n) is 11.7. The van der Waals surface area contributed by atoms with Crippen LogP contribution in [-0.2, 0) is 10.0 Å². The third-order valence-electron chi connectivity index (χ3n) is 3.40. The van der Waals surface area contributed by atoms with Gasteiger partial charge in [-0.2, -0.15) is 0 Å². The zero-order valence-corrected chi connectivity index (χ0v) is 15.1. The maximum absolute atomic E-state index is 12.8. The molecule has 0 saturated heterocycles. The van der Waals surface area contributed by atoms with Crippen LogP contribution >= 0.6 is 11.7 Å². The third kappa shape index (κ3) is 2.43. The van der Waals surface area contributed by atoms with Crippen LogP contribution in [0.1, 0.15) is 5.56 Å². The molecule has 0 atom stereocenters. The Balaban J connectivity index is 1.86. The van der Waals surface area contributed by atoms with Crippen molar-refractivity contribution < 1.29 is 8.42 Å². The molecule has 0 fully saturated rings. The number of aromatic nitrogens is 4. The molecule has 0 radical (unpaired) electrons. The molecule has 116 valence electrons. The van der Waals surface area contributed by atoms with Crippen LogP contribution in [0.4, 0.5) is 5.69 Å². The Kier molecular flexibility index (Phi) is 3.42. The van der Waals surface area contributed by atoms with Crippen LogP contribution in [0.5, 0.6) is 0 Å². The summed E-state index contributed by atoms with van der Waals surface area (Å²) in [6.45, 7) is 1.89. The summed E-state index contributed by atoms with van der Waals surface area (Å²) >= 11 is 0.751. The molecule has 23 heavy (non-hydrogen) atoms. The molecular formula is C13H9N5O2S2Se. The van der Waals surface area contributed by atoms with Gasteiger partial charge in [-0.1, -0.05) is 0 Å². The van der Waals surface area contributed by atoms with Gasteiger partial charge in [-0.15, -0.1) is 0 Å². The first-order valence-electron chi connectivity index (χ1n) is 6.52. The number of benzene rings is 2. The first-order chi connectivity index (χ1) is 11.1. The van der Waals surface area contributed by atoms with Gasteiger partial charge in [0.25, 0.3) is 0 Å². The van der Waals surface area contributed by atoms with E-state index in [-0.39, 0.29) is 19.9 Å². The van der Waals surface area contributed by atoms with Gasteiger partial charge in [-0.25, -0.2) is 0 Å². The van der Waals surface area contributed by atoms with Gasteiger partial charge in [-0.05, 0) is 0 Å². The maximum atomic E-state index is 12.8. The van der Waals surface area contributed by atoms with E-state index in [1.807, 2.05) is 6.92 Å². The Bertz CT molecular complexity index is 1140. The molecule has 0 amide bonds. The minimum atomic E-state index is -3.78. The minimum absolute atomic E-state index is 0.140. The molecule has 2 aromatic heterocycles. The Morgan fingerprint density at radius 3 is 2.74 bits per heavy atom. The molecule has 0 aliphatic heterocycles. The van der Waals surface area contributed by atoms with Crippen molar-refractivity contribution in [1.29, 1.82) is 0 Å². The van der Waals surface area contributed by atoms with E-state index in [4.69, 9.17) is 0 Å². The molecule has 2 aromatic carbocycles. The second-order valence-electron chi connectivity index (χ2n) is 4.89. The van der Waals surface area contributed by atoms with E-state index in [9.17, 15) is 8.42 Å². The molecule has 0 bridgehead atoms. The number of fused-ring (bicyclic) bond motifs is 2. The molecule has 0 aliphatic carbocycles. The Morgan fingerprint density at radius 1 is 1.04 bits per heavy atom. The van der Waals surface area contributed by atoms with Crippen molar-refractivity contribution in [3.63, 3.8) is 0 Å². The molecule has 4 aromatic rings. The van der Waals surface area contributed by atoms with E-state index in [0.717, 1.165) is 17.3 Å². The second kappa shape index (κ2) is 5.34. The van der Waals surface area contributed by atoms with E-state index in [2.05, 4.69) is 21.4 Å². The quantitative estimate of drug-likeness (QED) is 0.518. The zero-order chi connectivity index (χ0) is 16.0. The molecule has 2 heterocycles. The summed E-state index contributed by atoms with van der Waals surface area (Å²) in [6, 6.07) is 8.51. The average Bonchev–Trinajstić information content (AvgIpc) is 3.16. The van der Waals surface area contributed by atoms with E-state index < -0.39 is 10.0 Å². The van der Waals surface area contributed by atoms with Gasteiger partial charge in [0.05, 0.1) is 0 Å². The van der Waals surface area contributed by atoms with Gasteiger partial charge in [0, 0.05) is 0 Å². The van der Waals surface area contributed by atoms with Crippen LogP contribution in [0.15, 0.2) is 35.2 Å². The normalized spacial score (nSPS) is 12.0. The number of rotatable bonds is 3. The number of nitrogens with zero attached hydrogens (tertiary/aromatic N) is 4. The fourth-order valence-corrected chi connectivity index (χ4v) is 5.46. The van der Waals surface area contributed by atoms with Gasteiger partial charge >= 0.3 is 142 Å². The molecule has 10 heteroatoms. The number of anilines is 1. The van der Waals surface area contributed by atoms with Gasteiger partial charge in [0.1, 0.15) is 0 Å². The third-order valence-corrected chi connectivity index (χ3v) is 6.45. The van der Waals surface area contributed by atoms with Crippen LogP contribution in [0, 0.1) is 6.92 Å². The second-order valence-corrected chi connectivity index (χ2v) is 8.17. The van der Waals surface area contributed by atoms with Crippen molar-refractivity contribution in [2.45, 2.75) is 11.8 Å². The van der Waals surface area contributed by atoms with Crippen molar-refractivity contribution in [3.05, 3.63) is 35.9 Å². The molecule has 7 nitrogen and oxygen atoms in total. The molecule has 0 unspecified atom stereocenters. The van der Waals surface area contributed by atoms with Gasteiger partial charge < -0.3 is 0 Å². The fraction of sp³-hybridized carbons (Fsp3) is 0.0769. The van der Waals surface area contributed by atoms with Gasteiger partial charge in [0.2, 0.25) is 0 Å². The SMILES string of the molecule is Cc1ccc(S(=O)(=O)Nc2cccc3nsnc23)c2n[se]nc12. The number of aryl methyl sites for hydroxylation is 1. The molecular weight excluding hydrogens is 401 g/mol. The fourth-order valence-electron chi connectivity index (χ4n) is 2.27. The first-order valence-corrected chi connectivity index (χ1v) is 10.3. The number of hydrogen-bond acceptors (Lipinski definition) is 7. The van der Waals surface area contributed by atoms with Crippen molar-refractivity contribution >= 4 is 64.5 Å². The summed E-state index contributed by atoms with van der Waals surface area (Å²) in [5.41, 5.74) is 3.64. The predicted molar refractivity (Wildman–Crippen MR) is 89.4 cm³/mol. The van der Waals surface area contributed by atoms with Crippen LogP contribution < -0.4 is 4.72 Å². The number of nitrogens with one attached hydrogen (secondary N) is 1. The molecule has 0 spiro atoms. The Labute approximate surface area is 142 Å². The number of hydrogen-bond donors (Lipinski definition) is 1. The van der Waals surface area contributed by atoms with Crippen molar-refractivity contribution in [1.82, 2.24) is 16.7 Å². The van der Waals surface area contributed by atoms with Crippen LogP contribution in [0.2, 0.25) is 0 Å². The topological polar surface area (TPSA) is 97.7 Å². The monoisotopic (exact) mass is 411 g/mol. The standard InChI is InChI=1S/C13H9N5O2S2Se/c1-7-5-6-10(13-11(7)17-23-18-13)22(19,20)16-9-4-2-3-8-12(9)15-21-14-8/h2-6,16H,1H3. The summed E-state index contributed by atoms with van der Waals surface area (Å²) in [4.78, 5) is 0.140. The Morgan fingerprint density at radius 2 is 1.87 bits per heavy atom. The summed E-state index contributed by atoms with van der Waals surface area (Å²) in [6.07, 6.45) is 0. The Hall–Kier alpha value is -1.87. The van der Waals surface area contributed by atoms with Crippen molar-refractivity contribution in [2.75, 3.05) is 4.72 Å². The average molecular weight is 410 g/mol. The molecule has 4 rings (SSSR count). The molecule has 0 aliphatic rings. The van der Waals surface area contributed by atoms with E-state index in [0.29, 0.717) is 27.8 Å². The van der Waals surface area contributed by atoms with E-state index >= 15 is 0 Å². The van der Waals surface area contributed by atoms with Crippen molar-refractivity contribution in [3.8, 4) is 0 Å². The van der Waals surface area contributed by atoms with Crippen LogP contribution in [0.25, 0.3) is 22.1 Å². The van der Waals surface area contributed by atoms with E-state index in [1.54, 1.807) is 30.3 Å². The first kappa shape index (κ1) is 14.7. The molecule has 0 saturated carbocycles. The van der Waals surface area contributed by atoms with Gasteiger partial charge in [0.15, 0.2) is 0 Å².